The number of rotatable bonds is 12. The van der Waals surface area contributed by atoms with Gasteiger partial charge >= 0.3 is 5.97 Å². The van der Waals surface area contributed by atoms with Crippen LogP contribution in [-0.2, 0) is 4.79 Å². The van der Waals surface area contributed by atoms with Crippen LogP contribution in [0.1, 0.15) is 85.0 Å². The van der Waals surface area contributed by atoms with Crippen LogP contribution < -0.4 is 0 Å². The van der Waals surface area contributed by atoms with Crippen molar-refractivity contribution in [2.75, 3.05) is 0 Å². The van der Waals surface area contributed by atoms with E-state index in [4.69, 9.17) is 5.11 Å². The van der Waals surface area contributed by atoms with Crippen LogP contribution in [-0.4, -0.2) is 11.1 Å². The van der Waals surface area contributed by atoms with E-state index in [2.05, 4.69) is 20.8 Å². The summed E-state index contributed by atoms with van der Waals surface area (Å²) in [7, 11) is 0. The number of unbranched alkanes of at least 4 members (excludes halogenated alkanes) is 4. The molecule has 0 bridgehead atoms. The van der Waals surface area contributed by atoms with Crippen LogP contribution in [0.25, 0.3) is 0 Å². The Morgan fingerprint density at radius 1 is 0.944 bits per heavy atom. The van der Waals surface area contributed by atoms with Crippen molar-refractivity contribution in [2.24, 2.45) is 11.8 Å². The fourth-order valence-electron chi connectivity index (χ4n) is 2.36. The van der Waals surface area contributed by atoms with Crippen molar-refractivity contribution in [3.8, 4) is 0 Å². The predicted molar refractivity (Wildman–Crippen MR) is 77.8 cm³/mol. The molecule has 0 aromatic heterocycles. The van der Waals surface area contributed by atoms with E-state index in [1.165, 1.54) is 38.5 Å². The van der Waals surface area contributed by atoms with E-state index in [1.807, 2.05) is 0 Å². The summed E-state index contributed by atoms with van der Waals surface area (Å²) in [5.74, 6) is 0.162. The van der Waals surface area contributed by atoms with Gasteiger partial charge in [-0.05, 0) is 18.8 Å². The lowest BCUT2D eigenvalue weighted by Gasteiger charge is -2.11. The maximum absolute atomic E-state index is 11.0. The highest BCUT2D eigenvalue weighted by atomic mass is 16.4. The average Bonchev–Trinajstić information content (AvgIpc) is 2.35. The van der Waals surface area contributed by atoms with Crippen molar-refractivity contribution in [3.05, 3.63) is 0 Å². The van der Waals surface area contributed by atoms with Crippen molar-refractivity contribution in [1.29, 1.82) is 0 Å². The smallest absolute Gasteiger partial charge is 0.306 e. The van der Waals surface area contributed by atoms with Gasteiger partial charge in [0.05, 0.1) is 5.92 Å². The quantitative estimate of drug-likeness (QED) is 0.483. The lowest BCUT2D eigenvalue weighted by molar-refractivity contribution is -0.142. The van der Waals surface area contributed by atoms with E-state index in [9.17, 15) is 4.79 Å². The van der Waals surface area contributed by atoms with Crippen molar-refractivity contribution in [2.45, 2.75) is 85.0 Å². The maximum atomic E-state index is 11.0. The normalized spacial score (nSPS) is 14.4. The molecule has 0 radical (unpaired) electrons. The SMILES string of the molecule is CCCC(CCCCCCCC(C)CC)C(=O)O. The molecule has 1 N–H and O–H groups in total. The Morgan fingerprint density at radius 2 is 1.50 bits per heavy atom. The number of carboxylic acids is 1. The molecule has 0 aliphatic heterocycles. The molecule has 2 nitrogen and oxygen atoms in total. The van der Waals surface area contributed by atoms with E-state index < -0.39 is 5.97 Å². The third-order valence-corrected chi connectivity index (χ3v) is 3.93. The Bertz CT molecular complexity index is 201. The van der Waals surface area contributed by atoms with Crippen LogP contribution in [0.3, 0.4) is 0 Å². The Balaban J connectivity index is 3.40. The summed E-state index contributed by atoms with van der Waals surface area (Å²) in [5, 5.41) is 9.03. The molecule has 0 aromatic carbocycles. The second-order valence-electron chi connectivity index (χ2n) is 5.68. The largest absolute Gasteiger partial charge is 0.481 e. The third kappa shape index (κ3) is 9.49. The molecule has 0 aromatic rings. The first-order chi connectivity index (χ1) is 8.61. The molecule has 0 heterocycles. The van der Waals surface area contributed by atoms with Gasteiger partial charge in [0, 0.05) is 0 Å². The first-order valence-corrected chi connectivity index (χ1v) is 7.84. The number of hydrogen-bond donors (Lipinski definition) is 1. The van der Waals surface area contributed by atoms with E-state index in [-0.39, 0.29) is 5.92 Å². The minimum absolute atomic E-state index is 0.102. The molecule has 2 unspecified atom stereocenters. The minimum Gasteiger partial charge on any atom is -0.481 e. The molecule has 0 saturated carbocycles. The highest BCUT2D eigenvalue weighted by Crippen LogP contribution is 2.18. The molecule has 108 valence electrons. The van der Waals surface area contributed by atoms with Crippen LogP contribution in [0, 0.1) is 11.8 Å². The summed E-state index contributed by atoms with van der Waals surface area (Å²) in [6, 6.07) is 0. The van der Waals surface area contributed by atoms with Crippen molar-refractivity contribution >= 4 is 5.97 Å². The zero-order chi connectivity index (χ0) is 13.8. The molecule has 0 fully saturated rings. The van der Waals surface area contributed by atoms with Crippen LogP contribution >= 0.6 is 0 Å². The fraction of sp³-hybridized carbons (Fsp3) is 0.938. The van der Waals surface area contributed by atoms with Gasteiger partial charge in [0.1, 0.15) is 0 Å². The standard InChI is InChI=1S/C16H32O2/c1-4-11-15(16(17)18)13-10-8-6-7-9-12-14(3)5-2/h14-15H,4-13H2,1-3H3,(H,17,18). The highest BCUT2D eigenvalue weighted by Gasteiger charge is 2.15. The summed E-state index contributed by atoms with van der Waals surface area (Å²) >= 11 is 0. The van der Waals surface area contributed by atoms with Gasteiger partial charge in [-0.2, -0.15) is 0 Å². The topological polar surface area (TPSA) is 37.3 Å². The lowest BCUT2D eigenvalue weighted by atomic mass is 9.95. The number of carbonyl (C=O) groups is 1. The molecular weight excluding hydrogens is 224 g/mol. The maximum Gasteiger partial charge on any atom is 0.306 e. The van der Waals surface area contributed by atoms with Gasteiger partial charge in [0.15, 0.2) is 0 Å². The summed E-state index contributed by atoms with van der Waals surface area (Å²) in [4.78, 5) is 11.0. The zero-order valence-corrected chi connectivity index (χ0v) is 12.6. The zero-order valence-electron chi connectivity index (χ0n) is 12.6. The van der Waals surface area contributed by atoms with Crippen LogP contribution in [0.15, 0.2) is 0 Å². The van der Waals surface area contributed by atoms with E-state index >= 15 is 0 Å². The van der Waals surface area contributed by atoms with Crippen LogP contribution in [0.4, 0.5) is 0 Å². The molecule has 0 rings (SSSR count). The second-order valence-corrected chi connectivity index (χ2v) is 5.68. The molecule has 2 atom stereocenters. The first-order valence-electron chi connectivity index (χ1n) is 7.84. The van der Waals surface area contributed by atoms with Gasteiger partial charge in [-0.1, -0.05) is 72.1 Å². The Morgan fingerprint density at radius 3 is 2.00 bits per heavy atom. The number of aliphatic carboxylic acids is 1. The molecule has 0 aliphatic rings. The van der Waals surface area contributed by atoms with Gasteiger partial charge in [-0.3, -0.25) is 4.79 Å². The minimum atomic E-state index is -0.603. The van der Waals surface area contributed by atoms with Gasteiger partial charge in [-0.25, -0.2) is 0 Å². The summed E-state index contributed by atoms with van der Waals surface area (Å²) in [5.41, 5.74) is 0. The van der Waals surface area contributed by atoms with Gasteiger partial charge in [0.25, 0.3) is 0 Å². The summed E-state index contributed by atoms with van der Waals surface area (Å²) in [6.45, 7) is 6.64. The lowest BCUT2D eigenvalue weighted by Crippen LogP contribution is -2.13. The highest BCUT2D eigenvalue weighted by molar-refractivity contribution is 5.69. The third-order valence-electron chi connectivity index (χ3n) is 3.93. The molecule has 0 aliphatic carbocycles. The number of hydrogen-bond acceptors (Lipinski definition) is 1. The number of carboxylic acid groups (broad SMARTS) is 1. The Hall–Kier alpha value is -0.530. The van der Waals surface area contributed by atoms with E-state index in [1.54, 1.807) is 0 Å². The summed E-state index contributed by atoms with van der Waals surface area (Å²) < 4.78 is 0. The molecule has 2 heteroatoms. The van der Waals surface area contributed by atoms with Crippen molar-refractivity contribution in [1.82, 2.24) is 0 Å². The first kappa shape index (κ1) is 17.5. The van der Waals surface area contributed by atoms with Crippen LogP contribution in [0.5, 0.6) is 0 Å². The van der Waals surface area contributed by atoms with E-state index in [0.29, 0.717) is 0 Å². The molecule has 18 heavy (non-hydrogen) atoms. The van der Waals surface area contributed by atoms with E-state index in [0.717, 1.165) is 31.6 Å². The molecule has 0 amide bonds. The monoisotopic (exact) mass is 256 g/mol. The Labute approximate surface area is 113 Å². The van der Waals surface area contributed by atoms with Crippen molar-refractivity contribution < 1.29 is 9.90 Å². The molecule has 0 saturated heterocycles. The van der Waals surface area contributed by atoms with Gasteiger partial charge in [-0.15, -0.1) is 0 Å². The molecular formula is C16H32O2. The predicted octanol–water partition coefficient (Wildman–Crippen LogP) is 5.26. The second kappa shape index (κ2) is 11.6. The summed E-state index contributed by atoms with van der Waals surface area (Å²) in [6.07, 6.45) is 11.5. The van der Waals surface area contributed by atoms with Crippen LogP contribution in [0.2, 0.25) is 0 Å². The van der Waals surface area contributed by atoms with Gasteiger partial charge in [0.2, 0.25) is 0 Å². The fourth-order valence-corrected chi connectivity index (χ4v) is 2.36. The van der Waals surface area contributed by atoms with Gasteiger partial charge < -0.3 is 5.11 Å². The van der Waals surface area contributed by atoms with Crippen molar-refractivity contribution in [3.63, 3.8) is 0 Å². The Kier molecular flexibility index (Phi) is 11.2. The molecule has 0 spiro atoms. The average molecular weight is 256 g/mol.